The van der Waals surface area contributed by atoms with Crippen LogP contribution in [0.5, 0.6) is 0 Å². The molecule has 0 bridgehead atoms. The molecular formula is C4H7F3O2S2. The summed E-state index contributed by atoms with van der Waals surface area (Å²) in [5.74, 6) is -2.76. The molecule has 0 fully saturated rings. The van der Waals surface area contributed by atoms with E-state index < -0.39 is 12.1 Å². The predicted molar refractivity (Wildman–Crippen MR) is 41.1 cm³/mol. The van der Waals surface area contributed by atoms with Gasteiger partial charge in [0.2, 0.25) is 0 Å². The Bertz CT molecular complexity index is 120. The van der Waals surface area contributed by atoms with Crippen LogP contribution >= 0.6 is 25.3 Å². The van der Waals surface area contributed by atoms with Crippen LogP contribution in [0.3, 0.4) is 0 Å². The first-order valence-electron chi connectivity index (χ1n) is 2.34. The number of carboxylic acid groups (broad SMARTS) is 1. The minimum absolute atomic E-state index is 0.222. The van der Waals surface area contributed by atoms with Crippen LogP contribution in [0.15, 0.2) is 0 Å². The van der Waals surface area contributed by atoms with Crippen molar-refractivity contribution in [2.24, 2.45) is 0 Å². The molecule has 0 heterocycles. The summed E-state index contributed by atoms with van der Waals surface area (Å²) in [6, 6.07) is 0. The van der Waals surface area contributed by atoms with Gasteiger partial charge < -0.3 is 5.11 Å². The van der Waals surface area contributed by atoms with Crippen molar-refractivity contribution in [1.29, 1.82) is 0 Å². The highest BCUT2D eigenvalue weighted by Crippen LogP contribution is 2.13. The van der Waals surface area contributed by atoms with Gasteiger partial charge in [-0.15, -0.1) is 0 Å². The van der Waals surface area contributed by atoms with Gasteiger partial charge in [-0.3, -0.25) is 0 Å². The third-order valence-electron chi connectivity index (χ3n) is 0.243. The maximum atomic E-state index is 10.6. The van der Waals surface area contributed by atoms with Gasteiger partial charge in [-0.1, -0.05) is 0 Å². The monoisotopic (exact) mass is 208 g/mol. The second-order valence-electron chi connectivity index (χ2n) is 1.43. The topological polar surface area (TPSA) is 37.3 Å². The first-order chi connectivity index (χ1) is 4.68. The minimum atomic E-state index is -5.08. The Morgan fingerprint density at radius 2 is 1.55 bits per heavy atom. The lowest BCUT2D eigenvalue weighted by molar-refractivity contribution is -0.192. The molecule has 0 spiro atoms. The van der Waals surface area contributed by atoms with Crippen LogP contribution in [0.25, 0.3) is 0 Å². The molecule has 0 aromatic heterocycles. The largest absolute Gasteiger partial charge is 0.490 e. The van der Waals surface area contributed by atoms with E-state index in [9.17, 15) is 13.2 Å². The lowest BCUT2D eigenvalue weighted by Gasteiger charge is -1.93. The van der Waals surface area contributed by atoms with Gasteiger partial charge in [0, 0.05) is 4.58 Å². The summed E-state index contributed by atoms with van der Waals surface area (Å²) >= 11 is 7.66. The molecule has 2 nitrogen and oxygen atoms in total. The Morgan fingerprint density at radius 3 is 1.55 bits per heavy atom. The fraction of sp³-hybridized carbons (Fsp3) is 0.750. The second kappa shape index (κ2) is 5.59. The molecule has 11 heavy (non-hydrogen) atoms. The van der Waals surface area contributed by atoms with Gasteiger partial charge in [0.1, 0.15) is 0 Å². The Labute approximate surface area is 72.6 Å². The maximum absolute atomic E-state index is 10.6. The number of thiol groups is 2. The van der Waals surface area contributed by atoms with E-state index in [-0.39, 0.29) is 4.58 Å². The SMILES string of the molecule is CC(S)S.O=C(O)C(F)(F)F. The molecule has 0 unspecified atom stereocenters. The summed E-state index contributed by atoms with van der Waals surface area (Å²) in [4.78, 5) is 8.90. The fourth-order valence-corrected chi connectivity index (χ4v) is 0. The van der Waals surface area contributed by atoms with Crippen molar-refractivity contribution < 1.29 is 23.1 Å². The lowest BCUT2D eigenvalue weighted by Crippen LogP contribution is -2.21. The van der Waals surface area contributed by atoms with Crippen molar-refractivity contribution in [3.63, 3.8) is 0 Å². The zero-order chi connectivity index (χ0) is 9.65. The van der Waals surface area contributed by atoms with Crippen molar-refractivity contribution in [1.82, 2.24) is 0 Å². The number of hydrogen-bond acceptors (Lipinski definition) is 3. The van der Waals surface area contributed by atoms with E-state index in [0.29, 0.717) is 0 Å². The number of rotatable bonds is 0. The Kier molecular flexibility index (Phi) is 6.88. The number of alkyl halides is 3. The highest BCUT2D eigenvalue weighted by molar-refractivity contribution is 7.99. The van der Waals surface area contributed by atoms with E-state index >= 15 is 0 Å². The molecule has 0 atom stereocenters. The quantitative estimate of drug-likeness (QED) is 0.419. The van der Waals surface area contributed by atoms with Crippen LogP contribution in [-0.4, -0.2) is 21.8 Å². The summed E-state index contributed by atoms with van der Waals surface area (Å²) in [7, 11) is 0. The van der Waals surface area contributed by atoms with Gasteiger partial charge in [0.15, 0.2) is 0 Å². The average molecular weight is 208 g/mol. The number of halogens is 3. The normalized spacial score (nSPS) is 10.5. The first kappa shape index (κ1) is 13.5. The minimum Gasteiger partial charge on any atom is -0.475 e. The van der Waals surface area contributed by atoms with Gasteiger partial charge in [-0.2, -0.15) is 38.4 Å². The highest BCUT2D eigenvalue weighted by Gasteiger charge is 2.38. The molecule has 1 N–H and O–H groups in total. The van der Waals surface area contributed by atoms with Crippen molar-refractivity contribution in [2.45, 2.75) is 17.7 Å². The third-order valence-corrected chi connectivity index (χ3v) is 0.243. The van der Waals surface area contributed by atoms with Crippen LogP contribution in [0.2, 0.25) is 0 Å². The molecule has 0 amide bonds. The summed E-state index contributed by atoms with van der Waals surface area (Å²) in [6.45, 7) is 1.90. The lowest BCUT2D eigenvalue weighted by atomic mass is 10.7. The zero-order valence-corrected chi connectivity index (χ0v) is 7.25. The van der Waals surface area contributed by atoms with Gasteiger partial charge in [-0.05, 0) is 6.92 Å². The Balaban J connectivity index is 0. The molecule has 0 saturated heterocycles. The fourth-order valence-electron chi connectivity index (χ4n) is 0. The number of carboxylic acids is 1. The van der Waals surface area contributed by atoms with E-state index in [4.69, 9.17) is 9.90 Å². The number of carbonyl (C=O) groups is 1. The summed E-state index contributed by atoms with van der Waals surface area (Å²) in [6.07, 6.45) is -5.08. The van der Waals surface area contributed by atoms with Gasteiger partial charge >= 0.3 is 12.1 Å². The van der Waals surface area contributed by atoms with Gasteiger partial charge in [0.25, 0.3) is 0 Å². The molecule has 0 aliphatic heterocycles. The third kappa shape index (κ3) is 17.8. The van der Waals surface area contributed by atoms with Crippen molar-refractivity contribution in [3.05, 3.63) is 0 Å². The molecular weight excluding hydrogens is 201 g/mol. The van der Waals surface area contributed by atoms with Crippen LogP contribution in [0.1, 0.15) is 6.92 Å². The average Bonchev–Trinajstić information content (AvgIpc) is 1.59. The van der Waals surface area contributed by atoms with E-state index in [2.05, 4.69) is 25.3 Å². The molecule has 0 saturated carbocycles. The zero-order valence-electron chi connectivity index (χ0n) is 5.46. The Morgan fingerprint density at radius 1 is 1.45 bits per heavy atom. The van der Waals surface area contributed by atoms with E-state index in [0.717, 1.165) is 0 Å². The molecule has 68 valence electrons. The van der Waals surface area contributed by atoms with Crippen LogP contribution in [0.4, 0.5) is 13.2 Å². The van der Waals surface area contributed by atoms with Crippen LogP contribution in [-0.2, 0) is 4.79 Å². The maximum Gasteiger partial charge on any atom is 0.490 e. The summed E-state index contributed by atoms with van der Waals surface area (Å²) in [5.41, 5.74) is 0. The smallest absolute Gasteiger partial charge is 0.475 e. The Hall–Kier alpha value is -0.0400. The van der Waals surface area contributed by atoms with Crippen LogP contribution in [0, 0.1) is 0 Å². The molecule has 0 aromatic rings. The van der Waals surface area contributed by atoms with Crippen LogP contribution < -0.4 is 0 Å². The molecule has 0 radical (unpaired) electrons. The van der Waals surface area contributed by atoms with Gasteiger partial charge in [-0.25, -0.2) is 4.79 Å². The predicted octanol–water partition coefficient (Wildman–Crippen LogP) is 1.83. The summed E-state index contributed by atoms with van der Waals surface area (Å²) < 4.78 is 32.0. The van der Waals surface area contributed by atoms with Crippen molar-refractivity contribution in [2.75, 3.05) is 0 Å². The van der Waals surface area contributed by atoms with E-state index in [1.807, 2.05) is 6.92 Å². The highest BCUT2D eigenvalue weighted by atomic mass is 32.2. The molecule has 7 heteroatoms. The molecule has 0 aliphatic rings. The van der Waals surface area contributed by atoms with Crippen molar-refractivity contribution >= 4 is 31.2 Å². The standard InChI is InChI=1S/C2HF3O2.C2H6S2/c3-2(4,5)1(6)7;1-2(3)4/h(H,6,7);2-4H,1H3. The summed E-state index contributed by atoms with van der Waals surface area (Å²) in [5, 5.41) is 7.12. The van der Waals surface area contributed by atoms with E-state index in [1.165, 1.54) is 0 Å². The first-order valence-corrected chi connectivity index (χ1v) is 3.37. The van der Waals surface area contributed by atoms with E-state index in [1.54, 1.807) is 0 Å². The molecule has 0 rings (SSSR count). The van der Waals surface area contributed by atoms with Gasteiger partial charge in [0.05, 0.1) is 0 Å². The number of hydrogen-bond donors (Lipinski definition) is 3. The number of aliphatic carboxylic acids is 1. The molecule has 0 aliphatic carbocycles. The molecule has 0 aromatic carbocycles. The second-order valence-corrected chi connectivity index (χ2v) is 3.39. The van der Waals surface area contributed by atoms with Crippen molar-refractivity contribution in [3.8, 4) is 0 Å².